The van der Waals surface area contributed by atoms with Crippen LogP contribution in [0, 0.1) is 0 Å². The van der Waals surface area contributed by atoms with E-state index in [-0.39, 0.29) is 6.04 Å². The van der Waals surface area contributed by atoms with Crippen molar-refractivity contribution in [1.82, 2.24) is 5.32 Å². The largest absolute Gasteiger partial charge is 0.454 e. The fourth-order valence-corrected chi connectivity index (χ4v) is 2.08. The van der Waals surface area contributed by atoms with Crippen LogP contribution in [0.4, 0.5) is 0 Å². The zero-order valence-electron chi connectivity index (χ0n) is 10.8. The summed E-state index contributed by atoms with van der Waals surface area (Å²) < 4.78 is 5.72. The quantitative estimate of drug-likeness (QED) is 0.850. The smallest absolute Gasteiger partial charge is 0.146 e. The summed E-state index contributed by atoms with van der Waals surface area (Å²) >= 11 is 12.3. The molecule has 2 aromatic rings. The fourth-order valence-electron chi connectivity index (χ4n) is 1.68. The van der Waals surface area contributed by atoms with Gasteiger partial charge in [-0.3, -0.25) is 0 Å². The van der Waals surface area contributed by atoms with Gasteiger partial charge in [0.25, 0.3) is 0 Å². The maximum Gasteiger partial charge on any atom is 0.146 e. The highest BCUT2D eigenvalue weighted by molar-refractivity contribution is 6.32. The van der Waals surface area contributed by atoms with E-state index in [0.717, 1.165) is 5.56 Å². The lowest BCUT2D eigenvalue weighted by atomic mass is 10.1. The van der Waals surface area contributed by atoms with Crippen LogP contribution in [0.25, 0.3) is 0 Å². The predicted molar refractivity (Wildman–Crippen MR) is 80.5 cm³/mol. The first-order valence-corrected chi connectivity index (χ1v) is 6.76. The molecule has 0 aliphatic heterocycles. The van der Waals surface area contributed by atoms with Crippen LogP contribution in [0.5, 0.6) is 11.5 Å². The van der Waals surface area contributed by atoms with Crippen molar-refractivity contribution in [2.24, 2.45) is 0 Å². The summed E-state index contributed by atoms with van der Waals surface area (Å²) in [7, 11) is 1.91. The first-order valence-electron chi connectivity index (χ1n) is 6.01. The molecule has 100 valence electrons. The van der Waals surface area contributed by atoms with Crippen molar-refractivity contribution in [3.63, 3.8) is 0 Å². The Balaban J connectivity index is 2.25. The molecule has 1 unspecified atom stereocenters. The monoisotopic (exact) mass is 295 g/mol. The van der Waals surface area contributed by atoms with E-state index in [1.807, 2.05) is 43.4 Å². The van der Waals surface area contributed by atoms with E-state index in [1.54, 1.807) is 6.07 Å². The van der Waals surface area contributed by atoms with Crippen LogP contribution < -0.4 is 10.1 Å². The van der Waals surface area contributed by atoms with Gasteiger partial charge in [0.05, 0.1) is 10.0 Å². The third-order valence-electron chi connectivity index (χ3n) is 2.95. The molecule has 1 N–H and O–H groups in total. The highest BCUT2D eigenvalue weighted by Crippen LogP contribution is 2.34. The molecule has 0 heterocycles. The normalized spacial score (nSPS) is 12.2. The van der Waals surface area contributed by atoms with Crippen molar-refractivity contribution in [2.45, 2.75) is 13.0 Å². The molecule has 2 rings (SSSR count). The second-order valence-electron chi connectivity index (χ2n) is 4.23. The molecule has 0 aliphatic rings. The molecule has 0 bridgehead atoms. The summed E-state index contributed by atoms with van der Waals surface area (Å²) in [5.41, 5.74) is 1.11. The van der Waals surface area contributed by atoms with Gasteiger partial charge in [-0.2, -0.15) is 0 Å². The van der Waals surface area contributed by atoms with Crippen molar-refractivity contribution >= 4 is 23.2 Å². The lowest BCUT2D eigenvalue weighted by Gasteiger charge is -2.13. The van der Waals surface area contributed by atoms with Crippen LogP contribution >= 0.6 is 23.2 Å². The van der Waals surface area contributed by atoms with Gasteiger partial charge in [0, 0.05) is 6.04 Å². The van der Waals surface area contributed by atoms with Crippen LogP contribution in [0.1, 0.15) is 18.5 Å². The Morgan fingerprint density at radius 1 is 1.00 bits per heavy atom. The van der Waals surface area contributed by atoms with Gasteiger partial charge in [-0.1, -0.05) is 41.4 Å². The van der Waals surface area contributed by atoms with E-state index in [2.05, 4.69) is 12.2 Å². The van der Waals surface area contributed by atoms with Crippen molar-refractivity contribution in [1.29, 1.82) is 0 Å². The minimum absolute atomic E-state index is 0.242. The lowest BCUT2D eigenvalue weighted by Crippen LogP contribution is -2.12. The number of rotatable bonds is 4. The second kappa shape index (κ2) is 6.29. The molecule has 1 atom stereocenters. The number of para-hydroxylation sites is 1. The molecule has 0 saturated heterocycles. The maximum absolute atomic E-state index is 6.24. The first-order chi connectivity index (χ1) is 9.11. The standard InChI is InChI=1S/C15H15Cl2NO/c1-10(18-2)11-7-8-15(13(17)9-11)19-14-6-4-3-5-12(14)16/h3-10,18H,1-2H3. The SMILES string of the molecule is CNC(C)c1ccc(Oc2ccccc2Cl)c(Cl)c1. The Hall–Kier alpha value is -1.22. The van der Waals surface area contributed by atoms with Gasteiger partial charge < -0.3 is 10.1 Å². The zero-order chi connectivity index (χ0) is 13.8. The molecule has 2 nitrogen and oxygen atoms in total. The molecule has 0 aliphatic carbocycles. The second-order valence-corrected chi connectivity index (χ2v) is 5.05. The van der Waals surface area contributed by atoms with Gasteiger partial charge in [0.15, 0.2) is 0 Å². The summed E-state index contributed by atoms with van der Waals surface area (Å²) in [5.74, 6) is 1.20. The van der Waals surface area contributed by atoms with E-state index in [1.165, 1.54) is 0 Å². The van der Waals surface area contributed by atoms with Gasteiger partial charge in [0.2, 0.25) is 0 Å². The van der Waals surface area contributed by atoms with E-state index >= 15 is 0 Å². The van der Waals surface area contributed by atoms with E-state index < -0.39 is 0 Å². The van der Waals surface area contributed by atoms with Crippen molar-refractivity contribution in [3.05, 3.63) is 58.1 Å². The van der Waals surface area contributed by atoms with Crippen LogP contribution in [0.15, 0.2) is 42.5 Å². The average molecular weight is 296 g/mol. The third-order valence-corrected chi connectivity index (χ3v) is 3.55. The average Bonchev–Trinajstić information content (AvgIpc) is 2.42. The lowest BCUT2D eigenvalue weighted by molar-refractivity contribution is 0.482. The summed E-state index contributed by atoms with van der Waals surface area (Å²) in [6.45, 7) is 2.07. The summed E-state index contributed by atoms with van der Waals surface area (Å²) in [6.07, 6.45) is 0. The molecule has 0 radical (unpaired) electrons. The minimum atomic E-state index is 0.242. The van der Waals surface area contributed by atoms with Crippen LogP contribution in [0.3, 0.4) is 0 Å². The van der Waals surface area contributed by atoms with E-state index in [4.69, 9.17) is 27.9 Å². The highest BCUT2D eigenvalue weighted by Gasteiger charge is 2.09. The van der Waals surface area contributed by atoms with Crippen molar-refractivity contribution < 1.29 is 4.74 Å². The molecule has 0 spiro atoms. The summed E-state index contributed by atoms with van der Waals surface area (Å²) in [4.78, 5) is 0. The Bertz CT molecular complexity index is 572. The Kier molecular flexibility index (Phi) is 4.70. The molecule has 0 aromatic heterocycles. The van der Waals surface area contributed by atoms with Crippen molar-refractivity contribution in [3.8, 4) is 11.5 Å². The van der Waals surface area contributed by atoms with Crippen LogP contribution in [-0.4, -0.2) is 7.05 Å². The number of ether oxygens (including phenoxy) is 1. The molecule has 0 amide bonds. The fraction of sp³-hybridized carbons (Fsp3) is 0.200. The number of benzene rings is 2. The molecular formula is C15H15Cl2NO. The zero-order valence-corrected chi connectivity index (χ0v) is 12.3. The topological polar surface area (TPSA) is 21.3 Å². The minimum Gasteiger partial charge on any atom is -0.454 e. The van der Waals surface area contributed by atoms with Crippen molar-refractivity contribution in [2.75, 3.05) is 7.05 Å². The highest BCUT2D eigenvalue weighted by atomic mass is 35.5. The predicted octanol–water partition coefficient (Wildman–Crippen LogP) is 5.07. The van der Waals surface area contributed by atoms with Gasteiger partial charge in [-0.05, 0) is 43.8 Å². The Morgan fingerprint density at radius 2 is 1.68 bits per heavy atom. The van der Waals surface area contributed by atoms with Crippen LogP contribution in [0.2, 0.25) is 10.0 Å². The van der Waals surface area contributed by atoms with Gasteiger partial charge >= 0.3 is 0 Å². The van der Waals surface area contributed by atoms with E-state index in [9.17, 15) is 0 Å². The number of halogens is 2. The molecule has 19 heavy (non-hydrogen) atoms. The van der Waals surface area contributed by atoms with E-state index in [0.29, 0.717) is 21.5 Å². The van der Waals surface area contributed by atoms with Gasteiger partial charge in [-0.25, -0.2) is 0 Å². The Labute approximate surface area is 123 Å². The Morgan fingerprint density at radius 3 is 2.32 bits per heavy atom. The number of hydrogen-bond donors (Lipinski definition) is 1. The molecular weight excluding hydrogens is 281 g/mol. The van der Waals surface area contributed by atoms with Gasteiger partial charge in [-0.15, -0.1) is 0 Å². The van der Waals surface area contributed by atoms with Crippen LogP contribution in [-0.2, 0) is 0 Å². The third kappa shape index (κ3) is 3.41. The number of nitrogens with one attached hydrogen (secondary N) is 1. The molecule has 0 saturated carbocycles. The maximum atomic E-state index is 6.24. The van der Waals surface area contributed by atoms with Gasteiger partial charge in [0.1, 0.15) is 11.5 Å². The summed E-state index contributed by atoms with van der Waals surface area (Å²) in [6, 6.07) is 13.3. The number of hydrogen-bond acceptors (Lipinski definition) is 2. The molecule has 2 aromatic carbocycles. The first kappa shape index (κ1) is 14.2. The molecule has 0 fully saturated rings. The summed E-state index contributed by atoms with van der Waals surface area (Å²) in [5, 5.41) is 4.30. The molecule has 4 heteroatoms.